The number of carbonyl (C=O) groups excluding carboxylic acids is 1. The van der Waals surface area contributed by atoms with Crippen molar-refractivity contribution in [2.75, 3.05) is 26.7 Å². The average Bonchev–Trinajstić information content (AvgIpc) is 3.24. The van der Waals surface area contributed by atoms with Crippen molar-refractivity contribution < 1.29 is 22.7 Å². The topological polar surface area (TPSA) is 32.8 Å². The molecule has 35 heavy (non-hydrogen) atoms. The fourth-order valence-corrected chi connectivity index (χ4v) is 4.80. The molecule has 1 fully saturated rings. The summed E-state index contributed by atoms with van der Waals surface area (Å²) in [4.78, 5) is 16.5. The number of rotatable bonds is 8. The lowest BCUT2D eigenvalue weighted by molar-refractivity contribution is -0.130. The number of likely N-dealkylation sites (tertiary alicyclic amines) is 1. The van der Waals surface area contributed by atoms with Crippen molar-refractivity contribution in [1.82, 2.24) is 9.80 Å². The number of ether oxygens (including phenoxy) is 1. The number of carbonyl (C=O) groups is 1. The number of hydrogen-bond donors (Lipinski definition) is 0. The number of methoxy groups -OCH3 is 1. The third kappa shape index (κ3) is 6.22. The number of hydrogen-bond acceptors (Lipinski definition) is 3. The second-order valence-electron chi connectivity index (χ2n) is 9.11. The Balaban J connectivity index is 1.55. The predicted molar refractivity (Wildman–Crippen MR) is 128 cm³/mol. The molecule has 0 spiro atoms. The van der Waals surface area contributed by atoms with Crippen LogP contribution in [0.1, 0.15) is 29.5 Å². The maximum Gasteiger partial charge on any atom is 0.219 e. The first-order chi connectivity index (χ1) is 16.8. The molecule has 4 nitrogen and oxygen atoms in total. The van der Waals surface area contributed by atoms with E-state index in [1.54, 1.807) is 37.1 Å². The van der Waals surface area contributed by atoms with E-state index in [9.17, 15) is 18.0 Å². The van der Waals surface area contributed by atoms with Gasteiger partial charge >= 0.3 is 0 Å². The van der Waals surface area contributed by atoms with Gasteiger partial charge in [0.1, 0.15) is 11.6 Å². The zero-order chi connectivity index (χ0) is 24.9. The summed E-state index contributed by atoms with van der Waals surface area (Å²) in [5.41, 5.74) is 2.70. The fraction of sp³-hybridized carbons (Fsp3) is 0.321. The van der Waals surface area contributed by atoms with Crippen LogP contribution < -0.4 is 4.74 Å². The Morgan fingerprint density at radius 3 is 2.26 bits per heavy atom. The van der Waals surface area contributed by atoms with Gasteiger partial charge in [0.05, 0.1) is 7.11 Å². The third-order valence-electron chi connectivity index (χ3n) is 6.64. The van der Waals surface area contributed by atoms with Crippen molar-refractivity contribution in [3.63, 3.8) is 0 Å². The van der Waals surface area contributed by atoms with Crippen LogP contribution in [0, 0.1) is 23.4 Å². The molecular weight excluding hydrogens is 453 g/mol. The summed E-state index contributed by atoms with van der Waals surface area (Å²) < 4.78 is 45.8. The van der Waals surface area contributed by atoms with Gasteiger partial charge in [0.25, 0.3) is 0 Å². The molecule has 4 rings (SSSR count). The summed E-state index contributed by atoms with van der Waals surface area (Å²) >= 11 is 0. The molecule has 3 aromatic carbocycles. The molecule has 0 aromatic heterocycles. The van der Waals surface area contributed by atoms with Crippen molar-refractivity contribution in [1.29, 1.82) is 0 Å². The minimum atomic E-state index is -0.859. The van der Waals surface area contributed by atoms with Crippen LogP contribution in [0.25, 0.3) is 0 Å². The Labute approximate surface area is 203 Å². The highest BCUT2D eigenvalue weighted by Gasteiger charge is 2.35. The van der Waals surface area contributed by atoms with E-state index in [0.29, 0.717) is 31.7 Å². The van der Waals surface area contributed by atoms with E-state index >= 15 is 0 Å². The maximum atomic E-state index is 13.8. The maximum absolute atomic E-state index is 13.8. The first-order valence-corrected chi connectivity index (χ1v) is 11.6. The lowest BCUT2D eigenvalue weighted by Gasteiger charge is -2.28. The van der Waals surface area contributed by atoms with Crippen LogP contribution in [0.4, 0.5) is 13.2 Å². The molecule has 184 valence electrons. The fourth-order valence-electron chi connectivity index (χ4n) is 4.80. The molecule has 1 amide bonds. The van der Waals surface area contributed by atoms with Crippen LogP contribution in [0.3, 0.4) is 0 Å². The zero-order valence-corrected chi connectivity index (χ0v) is 19.9. The zero-order valence-electron chi connectivity index (χ0n) is 19.9. The summed E-state index contributed by atoms with van der Waals surface area (Å²) in [6.45, 7) is 4.36. The molecule has 1 aliphatic rings. The number of nitrogens with zero attached hydrogens (tertiary/aromatic N) is 2. The van der Waals surface area contributed by atoms with Gasteiger partial charge in [-0.15, -0.1) is 0 Å². The van der Waals surface area contributed by atoms with Gasteiger partial charge in [-0.25, -0.2) is 13.2 Å². The molecule has 2 unspecified atom stereocenters. The molecule has 0 N–H and O–H groups in total. The molecule has 0 saturated carbocycles. The van der Waals surface area contributed by atoms with Gasteiger partial charge in [-0.3, -0.25) is 9.69 Å². The van der Waals surface area contributed by atoms with E-state index in [-0.39, 0.29) is 23.6 Å². The Hall–Kier alpha value is -3.32. The minimum absolute atomic E-state index is 0.0538. The summed E-state index contributed by atoms with van der Waals surface area (Å²) in [5, 5.41) is 0. The third-order valence-corrected chi connectivity index (χ3v) is 6.64. The summed E-state index contributed by atoms with van der Waals surface area (Å²) in [5.74, 6) is -1.05. The van der Waals surface area contributed by atoms with Crippen LogP contribution in [-0.4, -0.2) is 42.5 Å². The highest BCUT2D eigenvalue weighted by molar-refractivity contribution is 5.73. The number of amides is 1. The van der Waals surface area contributed by atoms with Crippen LogP contribution in [0.2, 0.25) is 0 Å². The Morgan fingerprint density at radius 2 is 1.63 bits per heavy atom. The van der Waals surface area contributed by atoms with Crippen LogP contribution in [-0.2, 0) is 17.9 Å². The standard InChI is InChI=1S/C28H29F3N2O2/c1-19(34)33(15-20-3-8-24(29)9-4-20)17-23-16-32(14-21-5-12-27(30)28(31)13-21)18-26(23)22-6-10-25(35-2)11-7-22/h3-13,23,26H,14-18H2,1-2H3. The lowest BCUT2D eigenvalue weighted by atomic mass is 9.88. The lowest BCUT2D eigenvalue weighted by Crippen LogP contribution is -2.35. The summed E-state index contributed by atoms with van der Waals surface area (Å²) in [7, 11) is 1.62. The van der Waals surface area contributed by atoms with Crippen LogP contribution >= 0.6 is 0 Å². The highest BCUT2D eigenvalue weighted by atomic mass is 19.2. The van der Waals surface area contributed by atoms with E-state index in [1.807, 2.05) is 24.3 Å². The average molecular weight is 483 g/mol. The molecule has 7 heteroatoms. The largest absolute Gasteiger partial charge is 0.497 e. The summed E-state index contributed by atoms with van der Waals surface area (Å²) in [6, 6.07) is 18.1. The highest BCUT2D eigenvalue weighted by Crippen LogP contribution is 2.35. The van der Waals surface area contributed by atoms with Gasteiger partial charge in [0, 0.05) is 45.6 Å². The first-order valence-electron chi connectivity index (χ1n) is 11.6. The minimum Gasteiger partial charge on any atom is -0.497 e. The molecule has 0 radical (unpaired) electrons. The van der Waals surface area contributed by atoms with Gasteiger partial charge in [0.2, 0.25) is 5.91 Å². The van der Waals surface area contributed by atoms with E-state index in [0.717, 1.165) is 29.5 Å². The Kier molecular flexibility index (Phi) is 7.76. The second kappa shape index (κ2) is 11.0. The molecule has 1 aliphatic heterocycles. The van der Waals surface area contributed by atoms with Crippen molar-refractivity contribution >= 4 is 5.91 Å². The van der Waals surface area contributed by atoms with Crippen LogP contribution in [0.5, 0.6) is 5.75 Å². The van der Waals surface area contributed by atoms with E-state index in [1.165, 1.54) is 18.2 Å². The molecule has 3 aromatic rings. The van der Waals surface area contributed by atoms with Gasteiger partial charge in [-0.1, -0.05) is 30.3 Å². The summed E-state index contributed by atoms with van der Waals surface area (Å²) in [6.07, 6.45) is 0. The molecular formula is C28H29F3N2O2. The van der Waals surface area contributed by atoms with Gasteiger partial charge in [0.15, 0.2) is 11.6 Å². The van der Waals surface area contributed by atoms with Crippen molar-refractivity contribution in [3.8, 4) is 5.75 Å². The normalized spacial score (nSPS) is 18.0. The monoisotopic (exact) mass is 482 g/mol. The van der Waals surface area contributed by atoms with Crippen molar-refractivity contribution in [2.45, 2.75) is 25.9 Å². The Bertz CT molecular complexity index is 1150. The molecule has 2 atom stereocenters. The second-order valence-corrected chi connectivity index (χ2v) is 9.11. The van der Waals surface area contributed by atoms with E-state index in [4.69, 9.17) is 4.74 Å². The smallest absolute Gasteiger partial charge is 0.219 e. The Morgan fingerprint density at radius 1 is 0.943 bits per heavy atom. The van der Waals surface area contributed by atoms with Crippen molar-refractivity contribution in [3.05, 3.63) is 101 Å². The van der Waals surface area contributed by atoms with E-state index < -0.39 is 11.6 Å². The predicted octanol–water partition coefficient (Wildman–Crippen LogP) is 5.38. The van der Waals surface area contributed by atoms with Gasteiger partial charge < -0.3 is 9.64 Å². The number of halogens is 3. The van der Waals surface area contributed by atoms with Crippen LogP contribution in [0.15, 0.2) is 66.7 Å². The molecule has 0 aliphatic carbocycles. The van der Waals surface area contributed by atoms with E-state index in [2.05, 4.69) is 4.90 Å². The first kappa shape index (κ1) is 24.8. The quantitative estimate of drug-likeness (QED) is 0.432. The number of benzene rings is 3. The van der Waals surface area contributed by atoms with Gasteiger partial charge in [-0.05, 0) is 59.0 Å². The SMILES string of the molecule is COc1ccc(C2CN(Cc3ccc(F)c(F)c3)CC2CN(Cc2ccc(F)cc2)C(C)=O)cc1. The molecule has 1 saturated heterocycles. The molecule has 1 heterocycles. The van der Waals surface area contributed by atoms with Crippen molar-refractivity contribution in [2.24, 2.45) is 5.92 Å². The molecule has 0 bridgehead atoms. The van der Waals surface area contributed by atoms with Gasteiger partial charge in [-0.2, -0.15) is 0 Å².